The fourth-order valence-electron chi connectivity index (χ4n) is 1.83. The smallest absolute Gasteiger partial charge is 0.0615 e. The average molecular weight is 154 g/mol. The van der Waals surface area contributed by atoms with E-state index in [0.29, 0.717) is 18.1 Å². The van der Waals surface area contributed by atoms with Crippen molar-refractivity contribution in [3.8, 4) is 0 Å². The standard InChI is InChI=1S/C10H18O/c1-7(2)10-6-5-8(3)11-9(10)4/h8-10H,1,5-6H2,2-4H3/t8-,9-,10-/m0/s1. The summed E-state index contributed by atoms with van der Waals surface area (Å²) >= 11 is 0. The Morgan fingerprint density at radius 3 is 2.45 bits per heavy atom. The van der Waals surface area contributed by atoms with Gasteiger partial charge in [-0.25, -0.2) is 0 Å². The Balaban J connectivity index is 2.50. The van der Waals surface area contributed by atoms with E-state index in [-0.39, 0.29) is 0 Å². The van der Waals surface area contributed by atoms with Crippen LogP contribution in [0.25, 0.3) is 0 Å². The molecule has 1 heteroatoms. The third-order valence-corrected chi connectivity index (χ3v) is 2.53. The van der Waals surface area contributed by atoms with Gasteiger partial charge in [-0.15, -0.1) is 0 Å². The Hall–Kier alpha value is -0.300. The highest BCUT2D eigenvalue weighted by molar-refractivity contribution is 5.00. The van der Waals surface area contributed by atoms with Gasteiger partial charge in [0.05, 0.1) is 12.2 Å². The lowest BCUT2D eigenvalue weighted by atomic mass is 9.88. The van der Waals surface area contributed by atoms with E-state index in [4.69, 9.17) is 4.74 Å². The second kappa shape index (κ2) is 3.40. The van der Waals surface area contributed by atoms with Gasteiger partial charge in [0.1, 0.15) is 0 Å². The van der Waals surface area contributed by atoms with Gasteiger partial charge in [0.2, 0.25) is 0 Å². The van der Waals surface area contributed by atoms with Crippen molar-refractivity contribution in [2.24, 2.45) is 5.92 Å². The molecule has 1 aliphatic rings. The van der Waals surface area contributed by atoms with Gasteiger partial charge < -0.3 is 4.74 Å². The molecule has 0 aromatic rings. The summed E-state index contributed by atoms with van der Waals surface area (Å²) in [5, 5.41) is 0. The van der Waals surface area contributed by atoms with Crippen LogP contribution < -0.4 is 0 Å². The molecule has 1 heterocycles. The Morgan fingerprint density at radius 2 is 2.00 bits per heavy atom. The lowest BCUT2D eigenvalue weighted by Crippen LogP contribution is -2.31. The largest absolute Gasteiger partial charge is 0.375 e. The molecule has 0 amide bonds. The SMILES string of the molecule is C=C(C)[C@@H]1CC[C@H](C)O[C@H]1C. The van der Waals surface area contributed by atoms with E-state index in [1.807, 2.05) is 0 Å². The monoisotopic (exact) mass is 154 g/mol. The number of hydrogen-bond donors (Lipinski definition) is 0. The number of ether oxygens (including phenoxy) is 1. The Morgan fingerprint density at radius 1 is 1.36 bits per heavy atom. The predicted molar refractivity (Wildman–Crippen MR) is 47.5 cm³/mol. The summed E-state index contributed by atoms with van der Waals surface area (Å²) < 4.78 is 5.70. The molecule has 0 radical (unpaired) electrons. The molecule has 0 spiro atoms. The highest BCUT2D eigenvalue weighted by Gasteiger charge is 2.25. The quantitative estimate of drug-likeness (QED) is 0.528. The van der Waals surface area contributed by atoms with Crippen LogP contribution >= 0.6 is 0 Å². The summed E-state index contributed by atoms with van der Waals surface area (Å²) in [6, 6.07) is 0. The van der Waals surface area contributed by atoms with Crippen LogP contribution in [0, 0.1) is 5.92 Å². The minimum absolute atomic E-state index is 0.372. The zero-order valence-electron chi connectivity index (χ0n) is 7.76. The summed E-state index contributed by atoms with van der Waals surface area (Å²) in [6.45, 7) is 10.4. The summed E-state index contributed by atoms with van der Waals surface area (Å²) in [5.41, 5.74) is 1.27. The number of hydrogen-bond acceptors (Lipinski definition) is 1. The first kappa shape index (κ1) is 8.79. The van der Waals surface area contributed by atoms with Crippen molar-refractivity contribution in [1.29, 1.82) is 0 Å². The first-order chi connectivity index (χ1) is 5.11. The summed E-state index contributed by atoms with van der Waals surface area (Å²) in [5.74, 6) is 0.589. The van der Waals surface area contributed by atoms with Crippen molar-refractivity contribution in [3.05, 3.63) is 12.2 Å². The molecule has 3 atom stereocenters. The van der Waals surface area contributed by atoms with Gasteiger partial charge in [-0.3, -0.25) is 0 Å². The maximum atomic E-state index is 5.70. The van der Waals surface area contributed by atoms with Gasteiger partial charge >= 0.3 is 0 Å². The van der Waals surface area contributed by atoms with Gasteiger partial charge in [-0.05, 0) is 33.6 Å². The molecule has 0 saturated carbocycles. The van der Waals surface area contributed by atoms with Crippen molar-refractivity contribution < 1.29 is 4.74 Å². The minimum atomic E-state index is 0.372. The zero-order chi connectivity index (χ0) is 8.43. The van der Waals surface area contributed by atoms with E-state index in [0.717, 1.165) is 0 Å². The molecule has 1 saturated heterocycles. The highest BCUT2D eigenvalue weighted by Crippen LogP contribution is 2.28. The van der Waals surface area contributed by atoms with E-state index in [2.05, 4.69) is 27.4 Å². The van der Waals surface area contributed by atoms with E-state index in [1.165, 1.54) is 18.4 Å². The lowest BCUT2D eigenvalue weighted by molar-refractivity contribution is -0.0544. The van der Waals surface area contributed by atoms with Crippen molar-refractivity contribution in [3.63, 3.8) is 0 Å². The second-order valence-electron chi connectivity index (χ2n) is 3.68. The molecule has 1 aliphatic heterocycles. The molecule has 0 aromatic heterocycles. The van der Waals surface area contributed by atoms with Crippen molar-refractivity contribution >= 4 is 0 Å². The first-order valence-electron chi connectivity index (χ1n) is 4.42. The Kier molecular flexibility index (Phi) is 2.72. The Bertz CT molecular complexity index is 151. The van der Waals surface area contributed by atoms with Crippen LogP contribution in [0.2, 0.25) is 0 Å². The van der Waals surface area contributed by atoms with Crippen LogP contribution in [0.15, 0.2) is 12.2 Å². The molecule has 64 valence electrons. The first-order valence-corrected chi connectivity index (χ1v) is 4.42. The second-order valence-corrected chi connectivity index (χ2v) is 3.68. The normalized spacial score (nSPS) is 38.6. The van der Waals surface area contributed by atoms with Gasteiger partial charge in [0, 0.05) is 5.92 Å². The number of rotatable bonds is 1. The van der Waals surface area contributed by atoms with Crippen LogP contribution in [0.5, 0.6) is 0 Å². The maximum Gasteiger partial charge on any atom is 0.0615 e. The highest BCUT2D eigenvalue weighted by atomic mass is 16.5. The van der Waals surface area contributed by atoms with E-state index >= 15 is 0 Å². The third kappa shape index (κ3) is 2.06. The average Bonchev–Trinajstić information content (AvgIpc) is 1.85. The molecule has 0 aliphatic carbocycles. The molecular weight excluding hydrogens is 136 g/mol. The van der Waals surface area contributed by atoms with Gasteiger partial charge in [0.25, 0.3) is 0 Å². The molecule has 0 bridgehead atoms. The predicted octanol–water partition coefficient (Wildman–Crippen LogP) is 2.77. The molecule has 11 heavy (non-hydrogen) atoms. The summed E-state index contributed by atoms with van der Waals surface area (Å²) in [7, 11) is 0. The molecule has 1 rings (SSSR count). The van der Waals surface area contributed by atoms with Crippen LogP contribution in [-0.2, 0) is 4.74 Å². The Labute approximate surface area is 69.4 Å². The van der Waals surface area contributed by atoms with Gasteiger partial charge in [-0.2, -0.15) is 0 Å². The molecule has 0 N–H and O–H groups in total. The van der Waals surface area contributed by atoms with E-state index in [1.54, 1.807) is 0 Å². The van der Waals surface area contributed by atoms with Crippen LogP contribution in [0.3, 0.4) is 0 Å². The van der Waals surface area contributed by atoms with Crippen LogP contribution in [0.1, 0.15) is 33.6 Å². The van der Waals surface area contributed by atoms with Gasteiger partial charge in [-0.1, -0.05) is 12.2 Å². The molecule has 0 aromatic carbocycles. The molecule has 1 nitrogen and oxygen atoms in total. The topological polar surface area (TPSA) is 9.23 Å². The van der Waals surface area contributed by atoms with E-state index < -0.39 is 0 Å². The fourth-order valence-corrected chi connectivity index (χ4v) is 1.83. The zero-order valence-corrected chi connectivity index (χ0v) is 7.76. The van der Waals surface area contributed by atoms with Crippen molar-refractivity contribution in [1.82, 2.24) is 0 Å². The van der Waals surface area contributed by atoms with E-state index in [9.17, 15) is 0 Å². The van der Waals surface area contributed by atoms with Crippen molar-refractivity contribution in [2.75, 3.05) is 0 Å². The summed E-state index contributed by atoms with van der Waals surface area (Å²) in [4.78, 5) is 0. The fraction of sp³-hybridized carbons (Fsp3) is 0.800. The summed E-state index contributed by atoms with van der Waals surface area (Å²) in [6.07, 6.45) is 3.25. The molecular formula is C10H18O. The molecule has 1 fully saturated rings. The molecule has 0 unspecified atom stereocenters. The minimum Gasteiger partial charge on any atom is -0.375 e. The third-order valence-electron chi connectivity index (χ3n) is 2.53. The maximum absolute atomic E-state index is 5.70. The van der Waals surface area contributed by atoms with Crippen LogP contribution in [0.4, 0.5) is 0 Å². The lowest BCUT2D eigenvalue weighted by Gasteiger charge is -2.33. The van der Waals surface area contributed by atoms with Gasteiger partial charge in [0.15, 0.2) is 0 Å². The van der Waals surface area contributed by atoms with Crippen molar-refractivity contribution in [2.45, 2.75) is 45.8 Å². The van der Waals surface area contributed by atoms with Crippen LogP contribution in [-0.4, -0.2) is 12.2 Å².